The number of carbonyl (C=O) groups excluding carboxylic acids is 2. The first-order chi connectivity index (χ1) is 14.0. The molecule has 8 nitrogen and oxygen atoms in total. The van der Waals surface area contributed by atoms with Crippen LogP contribution in [0.3, 0.4) is 0 Å². The number of pyridine rings is 1. The molecule has 150 valence electrons. The van der Waals surface area contributed by atoms with Gasteiger partial charge in [0.25, 0.3) is 5.89 Å². The van der Waals surface area contributed by atoms with Gasteiger partial charge in [0, 0.05) is 28.9 Å². The summed E-state index contributed by atoms with van der Waals surface area (Å²) in [6.07, 6.45) is 3.26. The van der Waals surface area contributed by atoms with Crippen LogP contribution in [0.25, 0.3) is 11.4 Å². The molecule has 3 rings (SSSR count). The van der Waals surface area contributed by atoms with Crippen LogP contribution in [0.15, 0.2) is 58.2 Å². The molecule has 0 aliphatic rings. The van der Waals surface area contributed by atoms with E-state index in [2.05, 4.69) is 20.4 Å². The fraction of sp³-hybridized carbons (Fsp3) is 0.250. The van der Waals surface area contributed by atoms with Crippen molar-refractivity contribution < 1.29 is 18.8 Å². The zero-order valence-electron chi connectivity index (χ0n) is 16.0. The first-order valence-electron chi connectivity index (χ1n) is 8.94. The molecule has 29 heavy (non-hydrogen) atoms. The summed E-state index contributed by atoms with van der Waals surface area (Å²) < 4.78 is 10.4. The molecule has 0 bridgehead atoms. The minimum Gasteiger partial charge on any atom is -0.452 e. The zero-order valence-corrected chi connectivity index (χ0v) is 16.8. The Morgan fingerprint density at radius 3 is 2.79 bits per heavy atom. The van der Waals surface area contributed by atoms with Gasteiger partial charge in [-0.05, 0) is 38.1 Å². The molecular formula is C20H20N4O4S. The highest BCUT2D eigenvalue weighted by Gasteiger charge is 2.16. The van der Waals surface area contributed by atoms with Gasteiger partial charge in [-0.15, -0.1) is 11.8 Å². The summed E-state index contributed by atoms with van der Waals surface area (Å²) in [6, 6.07) is 10.6. The number of esters is 1. The van der Waals surface area contributed by atoms with Crippen LogP contribution in [0.4, 0.5) is 0 Å². The molecule has 0 saturated heterocycles. The third-order valence-corrected chi connectivity index (χ3v) is 4.70. The Morgan fingerprint density at radius 2 is 2.03 bits per heavy atom. The quantitative estimate of drug-likeness (QED) is 0.444. The lowest BCUT2D eigenvalue weighted by atomic mass is 10.2. The van der Waals surface area contributed by atoms with Gasteiger partial charge >= 0.3 is 5.97 Å². The minimum absolute atomic E-state index is 0.0641. The molecule has 0 aliphatic carbocycles. The van der Waals surface area contributed by atoms with Crippen LogP contribution < -0.4 is 5.32 Å². The van der Waals surface area contributed by atoms with Crippen molar-refractivity contribution in [3.05, 3.63) is 60.2 Å². The van der Waals surface area contributed by atoms with Crippen molar-refractivity contribution in [1.29, 1.82) is 0 Å². The van der Waals surface area contributed by atoms with Crippen molar-refractivity contribution in [2.45, 2.75) is 31.4 Å². The van der Waals surface area contributed by atoms with Crippen molar-refractivity contribution in [2.24, 2.45) is 0 Å². The van der Waals surface area contributed by atoms with Crippen LogP contribution in [0.2, 0.25) is 0 Å². The number of amides is 1. The lowest BCUT2D eigenvalue weighted by molar-refractivity contribution is -0.119. The van der Waals surface area contributed by atoms with E-state index in [0.717, 1.165) is 0 Å². The lowest BCUT2D eigenvalue weighted by Gasteiger charge is -2.10. The van der Waals surface area contributed by atoms with E-state index in [9.17, 15) is 9.59 Å². The van der Waals surface area contributed by atoms with E-state index in [1.165, 1.54) is 11.8 Å². The molecule has 0 unspecified atom stereocenters. The summed E-state index contributed by atoms with van der Waals surface area (Å²) in [6.45, 7) is 3.63. The van der Waals surface area contributed by atoms with Crippen molar-refractivity contribution >= 4 is 23.6 Å². The van der Waals surface area contributed by atoms with Crippen molar-refractivity contribution in [3.63, 3.8) is 0 Å². The fourth-order valence-electron chi connectivity index (χ4n) is 2.40. The van der Waals surface area contributed by atoms with E-state index in [1.54, 1.807) is 48.8 Å². The van der Waals surface area contributed by atoms with Gasteiger partial charge in [0.15, 0.2) is 6.61 Å². The van der Waals surface area contributed by atoms with E-state index < -0.39 is 5.97 Å². The average molecular weight is 412 g/mol. The Hall–Kier alpha value is -3.20. The van der Waals surface area contributed by atoms with Gasteiger partial charge in [-0.2, -0.15) is 4.98 Å². The second kappa shape index (κ2) is 9.83. The summed E-state index contributed by atoms with van der Waals surface area (Å²) in [5.41, 5.74) is 1.08. The monoisotopic (exact) mass is 412 g/mol. The van der Waals surface area contributed by atoms with E-state index in [1.807, 2.05) is 13.8 Å². The molecule has 1 N–H and O–H groups in total. The summed E-state index contributed by atoms with van der Waals surface area (Å²) in [7, 11) is 0. The molecule has 9 heteroatoms. The fourth-order valence-corrected chi connectivity index (χ4v) is 3.25. The Balaban J connectivity index is 1.60. The number of carbonyl (C=O) groups is 2. The highest BCUT2D eigenvalue weighted by Crippen LogP contribution is 2.23. The number of hydrogen-bond acceptors (Lipinski definition) is 8. The molecule has 2 heterocycles. The smallest absolute Gasteiger partial charge is 0.339 e. The molecule has 0 fully saturated rings. The van der Waals surface area contributed by atoms with Crippen LogP contribution in [-0.4, -0.2) is 38.8 Å². The van der Waals surface area contributed by atoms with Gasteiger partial charge in [0.05, 0.1) is 11.3 Å². The maximum absolute atomic E-state index is 12.5. The molecule has 2 aromatic heterocycles. The average Bonchev–Trinajstić information content (AvgIpc) is 3.20. The molecule has 0 saturated carbocycles. The Kier molecular flexibility index (Phi) is 6.96. The first-order valence-corrected chi connectivity index (χ1v) is 9.93. The van der Waals surface area contributed by atoms with Gasteiger partial charge < -0.3 is 14.6 Å². The molecule has 1 amide bonds. The number of thioether (sulfide) groups is 1. The zero-order chi connectivity index (χ0) is 20.6. The largest absolute Gasteiger partial charge is 0.452 e. The molecule has 1 aromatic carbocycles. The standard InChI is InChI=1S/C20H20N4O4S/c1-13(2)22-17(25)12-29-16-8-4-3-7-15(16)20(26)27-11-18-23-19(24-28-18)14-6-5-9-21-10-14/h3-10,13H,11-12H2,1-2H3,(H,22,25). The highest BCUT2D eigenvalue weighted by molar-refractivity contribution is 8.00. The summed E-state index contributed by atoms with van der Waals surface area (Å²) in [4.78, 5) is 33.2. The number of nitrogens with zero attached hydrogens (tertiary/aromatic N) is 3. The van der Waals surface area contributed by atoms with Gasteiger partial charge in [-0.1, -0.05) is 17.3 Å². The number of nitrogens with one attached hydrogen (secondary N) is 1. The highest BCUT2D eigenvalue weighted by atomic mass is 32.2. The number of aromatic nitrogens is 3. The van der Waals surface area contributed by atoms with Crippen LogP contribution in [0, 0.1) is 0 Å². The molecule has 3 aromatic rings. The number of benzene rings is 1. The van der Waals surface area contributed by atoms with E-state index >= 15 is 0 Å². The molecule has 0 aliphatic heterocycles. The van der Waals surface area contributed by atoms with Crippen molar-refractivity contribution in [3.8, 4) is 11.4 Å². The Morgan fingerprint density at radius 1 is 1.21 bits per heavy atom. The van der Waals surface area contributed by atoms with Gasteiger partial charge in [-0.3, -0.25) is 9.78 Å². The van der Waals surface area contributed by atoms with Crippen LogP contribution in [0.5, 0.6) is 0 Å². The predicted octanol–water partition coefficient (Wildman–Crippen LogP) is 3.11. The normalized spacial score (nSPS) is 10.7. The van der Waals surface area contributed by atoms with E-state index in [4.69, 9.17) is 9.26 Å². The molecule has 0 atom stereocenters. The maximum Gasteiger partial charge on any atom is 0.339 e. The minimum atomic E-state index is -0.529. The predicted molar refractivity (Wildman–Crippen MR) is 107 cm³/mol. The van der Waals surface area contributed by atoms with Gasteiger partial charge in [-0.25, -0.2) is 4.79 Å². The third kappa shape index (κ3) is 5.89. The summed E-state index contributed by atoms with van der Waals surface area (Å²) >= 11 is 1.28. The maximum atomic E-state index is 12.5. The van der Waals surface area contributed by atoms with Crippen molar-refractivity contribution in [1.82, 2.24) is 20.4 Å². The van der Waals surface area contributed by atoms with Crippen LogP contribution in [-0.2, 0) is 16.1 Å². The number of hydrogen-bond donors (Lipinski definition) is 1. The molecule has 0 radical (unpaired) electrons. The van der Waals surface area contributed by atoms with Crippen molar-refractivity contribution in [2.75, 3.05) is 5.75 Å². The Labute approximate surface area is 172 Å². The Bertz CT molecular complexity index is 975. The first kappa shape index (κ1) is 20.5. The lowest BCUT2D eigenvalue weighted by Crippen LogP contribution is -2.31. The molecular weight excluding hydrogens is 392 g/mol. The SMILES string of the molecule is CC(C)NC(=O)CSc1ccccc1C(=O)OCc1nc(-c2cccnc2)no1. The van der Waals surface area contributed by atoms with Gasteiger partial charge in [0.2, 0.25) is 11.7 Å². The van der Waals surface area contributed by atoms with E-state index in [0.29, 0.717) is 21.8 Å². The van der Waals surface area contributed by atoms with Gasteiger partial charge in [0.1, 0.15) is 0 Å². The summed E-state index contributed by atoms with van der Waals surface area (Å²) in [5.74, 6) is 0.135. The van der Waals surface area contributed by atoms with Crippen LogP contribution in [0.1, 0.15) is 30.1 Å². The topological polar surface area (TPSA) is 107 Å². The number of rotatable bonds is 8. The number of ether oxygens (including phenoxy) is 1. The second-order valence-electron chi connectivity index (χ2n) is 6.34. The third-order valence-electron chi connectivity index (χ3n) is 3.63. The van der Waals surface area contributed by atoms with Crippen LogP contribution >= 0.6 is 11.8 Å². The molecule has 0 spiro atoms. The second-order valence-corrected chi connectivity index (χ2v) is 7.35. The summed E-state index contributed by atoms with van der Waals surface area (Å²) in [5, 5.41) is 6.68. The van der Waals surface area contributed by atoms with E-state index in [-0.39, 0.29) is 30.2 Å².